The first-order valence-electron chi connectivity index (χ1n) is 9.79. The molecular formula is C22H24N2O4S. The quantitative estimate of drug-likeness (QED) is 0.636. The number of fused-ring (bicyclic) bond motifs is 3. The van der Waals surface area contributed by atoms with Gasteiger partial charge < -0.3 is 14.5 Å². The molecule has 3 aromatic rings. The van der Waals surface area contributed by atoms with Crippen LogP contribution in [0.25, 0.3) is 10.2 Å². The van der Waals surface area contributed by atoms with E-state index in [1.54, 1.807) is 43.6 Å². The molecular weight excluding hydrogens is 388 g/mol. The summed E-state index contributed by atoms with van der Waals surface area (Å²) in [6.07, 6.45) is 2.34. The topological polar surface area (TPSA) is 81.3 Å². The lowest BCUT2D eigenvalue weighted by atomic mass is 9.89. The average Bonchev–Trinajstić information content (AvgIpc) is 3.06. The summed E-state index contributed by atoms with van der Waals surface area (Å²) in [7, 11) is 1.61. The van der Waals surface area contributed by atoms with Crippen molar-refractivity contribution in [1.82, 2.24) is 9.97 Å². The molecule has 0 unspecified atom stereocenters. The van der Waals surface area contributed by atoms with Gasteiger partial charge in [0, 0.05) is 12.0 Å². The summed E-state index contributed by atoms with van der Waals surface area (Å²) in [5.41, 5.74) is 2.32. The van der Waals surface area contributed by atoms with E-state index >= 15 is 0 Å². The van der Waals surface area contributed by atoms with Crippen molar-refractivity contribution in [3.8, 4) is 0 Å². The van der Waals surface area contributed by atoms with Crippen molar-refractivity contribution in [3.63, 3.8) is 0 Å². The Hall–Kier alpha value is -2.51. The summed E-state index contributed by atoms with van der Waals surface area (Å²) in [4.78, 5) is 34.7. The van der Waals surface area contributed by atoms with Gasteiger partial charge in [-0.3, -0.25) is 4.79 Å². The average molecular weight is 413 g/mol. The van der Waals surface area contributed by atoms with E-state index < -0.39 is 12.1 Å². The van der Waals surface area contributed by atoms with Crippen molar-refractivity contribution in [2.24, 2.45) is 5.92 Å². The fourth-order valence-corrected chi connectivity index (χ4v) is 5.19. The summed E-state index contributed by atoms with van der Waals surface area (Å²) in [6.45, 7) is 4.38. The Morgan fingerprint density at radius 1 is 1.41 bits per heavy atom. The molecule has 0 spiro atoms. The molecule has 1 aromatic carbocycles. The van der Waals surface area contributed by atoms with Crippen LogP contribution in [0.1, 0.15) is 58.6 Å². The molecule has 7 heteroatoms. The van der Waals surface area contributed by atoms with Crippen molar-refractivity contribution in [1.29, 1.82) is 0 Å². The van der Waals surface area contributed by atoms with Gasteiger partial charge in [0.1, 0.15) is 4.83 Å². The molecule has 152 valence electrons. The highest BCUT2D eigenvalue weighted by Gasteiger charge is 2.24. The number of hydrogen-bond acceptors (Lipinski definition) is 6. The molecule has 0 bridgehead atoms. The first kappa shape index (κ1) is 19.8. The van der Waals surface area contributed by atoms with Crippen LogP contribution >= 0.6 is 11.3 Å². The third kappa shape index (κ3) is 3.97. The van der Waals surface area contributed by atoms with Crippen LogP contribution in [0.5, 0.6) is 0 Å². The van der Waals surface area contributed by atoms with Gasteiger partial charge in [-0.1, -0.05) is 19.1 Å². The second kappa shape index (κ2) is 8.08. The first-order valence-corrected chi connectivity index (χ1v) is 10.6. The summed E-state index contributed by atoms with van der Waals surface area (Å²) in [5, 5.41) is 0.700. The van der Waals surface area contributed by atoms with E-state index in [4.69, 9.17) is 9.47 Å². The zero-order chi connectivity index (χ0) is 20.5. The number of thiophene rings is 1. The van der Waals surface area contributed by atoms with E-state index in [-0.39, 0.29) is 5.56 Å². The highest BCUT2D eigenvalue weighted by Crippen LogP contribution is 2.36. The Morgan fingerprint density at radius 2 is 2.24 bits per heavy atom. The number of methoxy groups -OCH3 is 1. The van der Waals surface area contributed by atoms with Crippen LogP contribution in [0.4, 0.5) is 0 Å². The fourth-order valence-electron chi connectivity index (χ4n) is 3.80. The maximum absolute atomic E-state index is 12.7. The molecule has 0 radical (unpaired) electrons. The van der Waals surface area contributed by atoms with E-state index in [0.717, 1.165) is 35.2 Å². The molecule has 29 heavy (non-hydrogen) atoms. The molecule has 2 heterocycles. The number of rotatable bonds is 5. The van der Waals surface area contributed by atoms with E-state index in [1.807, 2.05) is 6.07 Å². The minimum atomic E-state index is -0.663. The summed E-state index contributed by atoms with van der Waals surface area (Å²) in [5.74, 6) is 0.538. The van der Waals surface area contributed by atoms with Gasteiger partial charge in [0.15, 0.2) is 11.9 Å². The Balaban J connectivity index is 1.59. The predicted octanol–water partition coefficient (Wildman–Crippen LogP) is 4.17. The molecule has 0 saturated heterocycles. The number of ether oxygens (including phenoxy) is 2. The SMILES string of the molecule is COCc1cccc(C(=O)O[C@@H](C)c2nc3sc4c(c3c(=O)[nH]2)CC[C@@H](C)C4)c1. The van der Waals surface area contributed by atoms with Crippen molar-refractivity contribution in [3.05, 3.63) is 62.0 Å². The van der Waals surface area contributed by atoms with Gasteiger partial charge in [0.2, 0.25) is 0 Å². The van der Waals surface area contributed by atoms with Gasteiger partial charge in [-0.2, -0.15) is 0 Å². The number of carbonyl (C=O) groups excluding carboxylic acids is 1. The minimum absolute atomic E-state index is 0.151. The van der Waals surface area contributed by atoms with Crippen LogP contribution in [0.2, 0.25) is 0 Å². The number of carbonyl (C=O) groups is 1. The van der Waals surface area contributed by atoms with E-state index in [2.05, 4.69) is 16.9 Å². The van der Waals surface area contributed by atoms with E-state index in [0.29, 0.717) is 29.3 Å². The van der Waals surface area contributed by atoms with Gasteiger partial charge in [0.05, 0.1) is 17.6 Å². The predicted molar refractivity (Wildman–Crippen MR) is 112 cm³/mol. The van der Waals surface area contributed by atoms with Crippen molar-refractivity contribution < 1.29 is 14.3 Å². The number of hydrogen-bond donors (Lipinski definition) is 1. The number of aromatic nitrogens is 2. The maximum Gasteiger partial charge on any atom is 0.338 e. The summed E-state index contributed by atoms with van der Waals surface area (Å²) in [6, 6.07) is 7.11. The largest absolute Gasteiger partial charge is 0.451 e. The number of nitrogens with one attached hydrogen (secondary N) is 1. The van der Waals surface area contributed by atoms with Gasteiger partial charge in [-0.15, -0.1) is 11.3 Å². The maximum atomic E-state index is 12.7. The number of H-pyrrole nitrogens is 1. The molecule has 0 aliphatic heterocycles. The number of benzene rings is 1. The lowest BCUT2D eigenvalue weighted by molar-refractivity contribution is 0.0319. The number of aromatic amines is 1. The van der Waals surface area contributed by atoms with E-state index in [9.17, 15) is 9.59 Å². The normalized spacial score (nSPS) is 17.1. The van der Waals surface area contributed by atoms with Crippen LogP contribution in [0, 0.1) is 5.92 Å². The third-order valence-electron chi connectivity index (χ3n) is 5.33. The Bertz CT molecular complexity index is 1120. The lowest BCUT2D eigenvalue weighted by Crippen LogP contribution is -2.18. The monoisotopic (exact) mass is 412 g/mol. The smallest absolute Gasteiger partial charge is 0.338 e. The molecule has 0 fully saturated rings. The van der Waals surface area contributed by atoms with Gasteiger partial charge in [-0.25, -0.2) is 9.78 Å². The minimum Gasteiger partial charge on any atom is -0.451 e. The molecule has 6 nitrogen and oxygen atoms in total. The van der Waals surface area contributed by atoms with Crippen LogP contribution in [-0.4, -0.2) is 23.0 Å². The Labute approximate surface area is 172 Å². The molecule has 4 rings (SSSR count). The Morgan fingerprint density at radius 3 is 3.03 bits per heavy atom. The van der Waals surface area contributed by atoms with Crippen LogP contribution in [0.15, 0.2) is 29.1 Å². The fraction of sp³-hybridized carbons (Fsp3) is 0.409. The third-order valence-corrected chi connectivity index (χ3v) is 6.47. The second-order valence-electron chi connectivity index (χ2n) is 7.66. The van der Waals surface area contributed by atoms with Gasteiger partial charge >= 0.3 is 5.97 Å². The van der Waals surface area contributed by atoms with E-state index in [1.165, 1.54) is 4.88 Å². The van der Waals surface area contributed by atoms with Crippen molar-refractivity contribution >= 4 is 27.5 Å². The molecule has 1 N–H and O–H groups in total. The molecule has 2 atom stereocenters. The molecule has 2 aromatic heterocycles. The van der Waals surface area contributed by atoms with Gasteiger partial charge in [0.25, 0.3) is 5.56 Å². The van der Waals surface area contributed by atoms with Crippen molar-refractivity contribution in [2.75, 3.05) is 7.11 Å². The second-order valence-corrected chi connectivity index (χ2v) is 8.75. The van der Waals surface area contributed by atoms with Crippen LogP contribution in [0.3, 0.4) is 0 Å². The van der Waals surface area contributed by atoms with Crippen LogP contribution in [-0.2, 0) is 28.9 Å². The lowest BCUT2D eigenvalue weighted by Gasteiger charge is -2.17. The zero-order valence-electron chi connectivity index (χ0n) is 16.8. The zero-order valence-corrected chi connectivity index (χ0v) is 17.6. The van der Waals surface area contributed by atoms with Crippen molar-refractivity contribution in [2.45, 2.75) is 45.8 Å². The number of esters is 1. The Kier molecular flexibility index (Phi) is 5.52. The number of nitrogens with zero attached hydrogens (tertiary/aromatic N) is 1. The van der Waals surface area contributed by atoms with Gasteiger partial charge in [-0.05, 0) is 55.4 Å². The first-order chi connectivity index (χ1) is 14.0. The highest BCUT2D eigenvalue weighted by atomic mass is 32.1. The summed E-state index contributed by atoms with van der Waals surface area (Å²) >= 11 is 1.59. The number of aryl methyl sites for hydroxylation is 1. The standard InChI is InChI=1S/C22H24N2O4S/c1-12-7-8-16-17(9-12)29-21-18(16)20(25)23-19(24-21)13(2)28-22(26)15-6-4-5-14(10-15)11-27-3/h4-6,10,12-13H,7-9,11H2,1-3H3,(H,23,24,25)/t12-,13+/m1/s1. The molecule has 1 aliphatic rings. The summed E-state index contributed by atoms with van der Waals surface area (Å²) < 4.78 is 10.7. The molecule has 0 saturated carbocycles. The van der Waals surface area contributed by atoms with Crippen LogP contribution < -0.4 is 5.56 Å². The highest BCUT2D eigenvalue weighted by molar-refractivity contribution is 7.18. The molecule has 0 amide bonds. The molecule has 1 aliphatic carbocycles.